The molecule has 0 amide bonds. The SMILES string of the molecule is CCc1nc(N)cc(Nc2ccc(Br)cc2CC)n1. The van der Waals surface area contributed by atoms with Gasteiger partial charge in [-0.3, -0.25) is 0 Å². The van der Waals surface area contributed by atoms with Crippen LogP contribution in [0.2, 0.25) is 0 Å². The van der Waals surface area contributed by atoms with Crippen LogP contribution in [0.1, 0.15) is 25.2 Å². The summed E-state index contributed by atoms with van der Waals surface area (Å²) in [7, 11) is 0. The molecule has 3 N–H and O–H groups in total. The third-order valence-corrected chi connectivity index (χ3v) is 3.31. The standard InChI is InChI=1S/C14H17BrN4/c1-3-9-7-10(15)5-6-11(9)17-14-8-12(16)18-13(4-2)19-14/h5-8H,3-4H2,1-2H3,(H3,16,17,18,19). The van der Waals surface area contributed by atoms with Crippen molar-refractivity contribution in [2.45, 2.75) is 26.7 Å². The highest BCUT2D eigenvalue weighted by Crippen LogP contribution is 2.24. The first-order chi connectivity index (χ1) is 9.12. The van der Waals surface area contributed by atoms with Gasteiger partial charge < -0.3 is 11.1 Å². The van der Waals surface area contributed by atoms with Gasteiger partial charge in [-0.2, -0.15) is 0 Å². The van der Waals surface area contributed by atoms with E-state index in [4.69, 9.17) is 5.73 Å². The Bertz CT molecular complexity index is 584. The van der Waals surface area contributed by atoms with Crippen molar-refractivity contribution in [1.82, 2.24) is 9.97 Å². The third kappa shape index (κ3) is 3.44. The van der Waals surface area contributed by atoms with E-state index in [1.807, 2.05) is 19.1 Å². The molecule has 19 heavy (non-hydrogen) atoms. The minimum Gasteiger partial charge on any atom is -0.384 e. The summed E-state index contributed by atoms with van der Waals surface area (Å²) in [5.41, 5.74) is 8.06. The summed E-state index contributed by atoms with van der Waals surface area (Å²) in [6.45, 7) is 4.13. The van der Waals surface area contributed by atoms with Crippen LogP contribution in [-0.4, -0.2) is 9.97 Å². The van der Waals surface area contributed by atoms with Crippen molar-refractivity contribution in [3.05, 3.63) is 40.1 Å². The summed E-state index contributed by atoms with van der Waals surface area (Å²) < 4.78 is 1.08. The van der Waals surface area contributed by atoms with E-state index < -0.39 is 0 Å². The largest absolute Gasteiger partial charge is 0.384 e. The molecule has 2 aromatic rings. The van der Waals surface area contributed by atoms with Gasteiger partial charge in [0.25, 0.3) is 0 Å². The van der Waals surface area contributed by atoms with Gasteiger partial charge in [-0.05, 0) is 30.2 Å². The Morgan fingerprint density at radius 1 is 1.16 bits per heavy atom. The van der Waals surface area contributed by atoms with E-state index in [1.165, 1.54) is 5.56 Å². The maximum Gasteiger partial charge on any atom is 0.136 e. The Morgan fingerprint density at radius 2 is 1.95 bits per heavy atom. The molecule has 0 aliphatic heterocycles. The summed E-state index contributed by atoms with van der Waals surface area (Å²) in [6.07, 6.45) is 1.71. The van der Waals surface area contributed by atoms with Crippen molar-refractivity contribution >= 4 is 33.3 Å². The maximum absolute atomic E-state index is 5.78. The van der Waals surface area contributed by atoms with Crippen LogP contribution >= 0.6 is 15.9 Å². The Morgan fingerprint density at radius 3 is 2.63 bits per heavy atom. The molecule has 0 aliphatic carbocycles. The van der Waals surface area contributed by atoms with Crippen LogP contribution in [0, 0.1) is 0 Å². The van der Waals surface area contributed by atoms with Crippen molar-refractivity contribution in [2.24, 2.45) is 0 Å². The molecule has 0 atom stereocenters. The van der Waals surface area contributed by atoms with E-state index in [2.05, 4.69) is 44.2 Å². The van der Waals surface area contributed by atoms with Gasteiger partial charge in [0.15, 0.2) is 0 Å². The minimum absolute atomic E-state index is 0.490. The van der Waals surface area contributed by atoms with E-state index in [9.17, 15) is 0 Å². The number of rotatable bonds is 4. The van der Waals surface area contributed by atoms with Gasteiger partial charge in [-0.15, -0.1) is 0 Å². The third-order valence-electron chi connectivity index (χ3n) is 2.82. The molecular formula is C14H17BrN4. The number of halogens is 1. The topological polar surface area (TPSA) is 63.8 Å². The van der Waals surface area contributed by atoms with Crippen LogP contribution in [0.4, 0.5) is 17.3 Å². The van der Waals surface area contributed by atoms with Crippen LogP contribution in [0.5, 0.6) is 0 Å². The predicted molar refractivity (Wildman–Crippen MR) is 82.6 cm³/mol. The zero-order chi connectivity index (χ0) is 13.8. The van der Waals surface area contributed by atoms with E-state index in [0.29, 0.717) is 5.82 Å². The number of nitrogens with two attached hydrogens (primary N) is 1. The summed E-state index contributed by atoms with van der Waals surface area (Å²) in [5, 5.41) is 3.31. The van der Waals surface area contributed by atoms with Crippen LogP contribution in [0.25, 0.3) is 0 Å². The average molecular weight is 321 g/mol. The summed E-state index contributed by atoms with van der Waals surface area (Å²) >= 11 is 3.48. The lowest BCUT2D eigenvalue weighted by atomic mass is 10.1. The number of hydrogen-bond donors (Lipinski definition) is 2. The van der Waals surface area contributed by atoms with Gasteiger partial charge in [-0.1, -0.05) is 29.8 Å². The van der Waals surface area contributed by atoms with Crippen molar-refractivity contribution in [2.75, 3.05) is 11.1 Å². The number of nitrogens with zero attached hydrogens (tertiary/aromatic N) is 2. The molecule has 0 spiro atoms. The van der Waals surface area contributed by atoms with Crippen LogP contribution < -0.4 is 11.1 Å². The van der Waals surface area contributed by atoms with Crippen LogP contribution in [-0.2, 0) is 12.8 Å². The average Bonchev–Trinajstić information content (AvgIpc) is 2.40. The lowest BCUT2D eigenvalue weighted by Gasteiger charge is -2.12. The van der Waals surface area contributed by atoms with Gasteiger partial charge >= 0.3 is 0 Å². The Labute approximate surface area is 121 Å². The van der Waals surface area contributed by atoms with E-state index in [1.54, 1.807) is 6.07 Å². The number of nitrogen functional groups attached to an aromatic ring is 1. The molecule has 0 saturated heterocycles. The highest BCUT2D eigenvalue weighted by molar-refractivity contribution is 9.10. The molecule has 100 valence electrons. The fourth-order valence-corrected chi connectivity index (χ4v) is 2.26. The quantitative estimate of drug-likeness (QED) is 0.901. The first kappa shape index (κ1) is 13.8. The molecule has 0 unspecified atom stereocenters. The molecule has 5 heteroatoms. The molecule has 2 rings (SSSR count). The van der Waals surface area contributed by atoms with Gasteiger partial charge in [0.05, 0.1) is 0 Å². The first-order valence-electron chi connectivity index (χ1n) is 6.31. The number of nitrogens with one attached hydrogen (secondary N) is 1. The van der Waals surface area contributed by atoms with E-state index in [0.717, 1.165) is 34.6 Å². The Kier molecular flexibility index (Phi) is 4.37. The summed E-state index contributed by atoms with van der Waals surface area (Å²) in [6, 6.07) is 7.90. The molecule has 1 aromatic heterocycles. The Hall–Kier alpha value is -1.62. The van der Waals surface area contributed by atoms with Gasteiger partial charge in [0.1, 0.15) is 17.5 Å². The van der Waals surface area contributed by atoms with Crippen molar-refractivity contribution in [1.29, 1.82) is 0 Å². The van der Waals surface area contributed by atoms with Crippen molar-refractivity contribution < 1.29 is 0 Å². The molecule has 1 aromatic carbocycles. The van der Waals surface area contributed by atoms with Gasteiger partial charge in [0.2, 0.25) is 0 Å². The molecule has 1 heterocycles. The lowest BCUT2D eigenvalue weighted by molar-refractivity contribution is 0.948. The minimum atomic E-state index is 0.490. The molecule has 0 fully saturated rings. The van der Waals surface area contributed by atoms with Gasteiger partial charge in [0, 0.05) is 22.6 Å². The monoisotopic (exact) mass is 320 g/mol. The number of aromatic nitrogens is 2. The van der Waals surface area contributed by atoms with E-state index in [-0.39, 0.29) is 0 Å². The van der Waals surface area contributed by atoms with Crippen LogP contribution in [0.15, 0.2) is 28.7 Å². The van der Waals surface area contributed by atoms with Crippen LogP contribution in [0.3, 0.4) is 0 Å². The number of benzene rings is 1. The number of hydrogen-bond acceptors (Lipinski definition) is 4. The molecule has 0 radical (unpaired) electrons. The Balaban J connectivity index is 2.33. The lowest BCUT2D eigenvalue weighted by Crippen LogP contribution is -2.04. The zero-order valence-electron chi connectivity index (χ0n) is 11.1. The van der Waals surface area contributed by atoms with Crippen molar-refractivity contribution in [3.63, 3.8) is 0 Å². The molecule has 4 nitrogen and oxygen atoms in total. The normalized spacial score (nSPS) is 10.5. The first-order valence-corrected chi connectivity index (χ1v) is 7.10. The highest BCUT2D eigenvalue weighted by Gasteiger charge is 2.05. The van der Waals surface area contributed by atoms with E-state index >= 15 is 0 Å². The zero-order valence-corrected chi connectivity index (χ0v) is 12.7. The number of anilines is 3. The molecule has 0 aliphatic rings. The molecular weight excluding hydrogens is 304 g/mol. The second-order valence-electron chi connectivity index (χ2n) is 4.23. The molecule has 0 bridgehead atoms. The maximum atomic E-state index is 5.78. The number of aryl methyl sites for hydroxylation is 2. The fourth-order valence-electron chi connectivity index (χ4n) is 1.85. The smallest absolute Gasteiger partial charge is 0.136 e. The van der Waals surface area contributed by atoms with Gasteiger partial charge in [-0.25, -0.2) is 9.97 Å². The highest BCUT2D eigenvalue weighted by atomic mass is 79.9. The summed E-state index contributed by atoms with van der Waals surface area (Å²) in [5.74, 6) is 1.98. The predicted octanol–water partition coefficient (Wildman–Crippen LogP) is 3.69. The summed E-state index contributed by atoms with van der Waals surface area (Å²) in [4.78, 5) is 8.60. The fraction of sp³-hybridized carbons (Fsp3) is 0.286. The second-order valence-corrected chi connectivity index (χ2v) is 5.14. The molecule has 0 saturated carbocycles. The van der Waals surface area contributed by atoms with Crippen molar-refractivity contribution in [3.8, 4) is 0 Å². The second kappa shape index (κ2) is 6.02.